The van der Waals surface area contributed by atoms with Crippen molar-refractivity contribution < 1.29 is 14.6 Å². The molecule has 1 atom stereocenters. The molecule has 0 amide bonds. The van der Waals surface area contributed by atoms with Gasteiger partial charge < -0.3 is 19.5 Å². The van der Waals surface area contributed by atoms with Gasteiger partial charge in [-0.3, -0.25) is 0 Å². The number of likely N-dealkylation sites (N-methyl/N-ethyl adjacent to an activating group) is 1. The number of carbonyl (C=O) groups excluding carboxylic acids is 1. The number of hydrogen-bond acceptors (Lipinski definition) is 4. The third-order valence-electron chi connectivity index (χ3n) is 4.58. The van der Waals surface area contributed by atoms with E-state index in [1.807, 2.05) is 60.7 Å². The fourth-order valence-electron chi connectivity index (χ4n) is 3.12. The van der Waals surface area contributed by atoms with Crippen LogP contribution >= 0.6 is 0 Å². The quantitative estimate of drug-likeness (QED) is 0.575. The smallest absolute Gasteiger partial charge is 0.125 e. The first kappa shape index (κ1) is 19.6. The van der Waals surface area contributed by atoms with Crippen LogP contribution in [0.5, 0.6) is 5.75 Å². The second-order valence-corrected chi connectivity index (χ2v) is 6.81. The number of carboxylic acids is 1. The van der Waals surface area contributed by atoms with Crippen LogP contribution < -0.4 is 9.84 Å². The minimum absolute atomic E-state index is 0.0900. The van der Waals surface area contributed by atoms with Gasteiger partial charge in [-0.15, -0.1) is 0 Å². The molecule has 0 fully saturated rings. The van der Waals surface area contributed by atoms with Crippen LogP contribution in [-0.4, -0.2) is 31.0 Å². The molecule has 4 heteroatoms. The van der Waals surface area contributed by atoms with E-state index in [2.05, 4.69) is 24.3 Å². The highest BCUT2D eigenvalue weighted by Crippen LogP contribution is 2.27. The minimum Gasteiger partial charge on any atom is -0.549 e. The number of ether oxygens (including phenoxy) is 1. The Bertz CT molecular complexity index is 863. The molecule has 0 aromatic heterocycles. The van der Waals surface area contributed by atoms with Crippen molar-refractivity contribution in [2.45, 2.75) is 12.5 Å². The summed E-state index contributed by atoms with van der Waals surface area (Å²) in [5.74, 6) is -0.285. The van der Waals surface area contributed by atoms with E-state index in [0.717, 1.165) is 22.4 Å². The Labute approximate surface area is 166 Å². The maximum absolute atomic E-state index is 10.8. The first-order chi connectivity index (χ1) is 13.6. The molecule has 0 saturated carbocycles. The summed E-state index contributed by atoms with van der Waals surface area (Å²) in [6.07, 6.45) is 0.516. The number of carboxylic acid groups (broad SMARTS) is 1. The van der Waals surface area contributed by atoms with E-state index in [-0.39, 0.29) is 12.6 Å². The second kappa shape index (κ2) is 9.72. The van der Waals surface area contributed by atoms with Crippen LogP contribution in [0.15, 0.2) is 84.9 Å². The van der Waals surface area contributed by atoms with Crippen LogP contribution in [-0.2, 0) is 4.79 Å². The Balaban J connectivity index is 1.71. The SMILES string of the molecule is CN(CC[C@H](Oc1ccc(-c2ccccc2)cc1)c1ccccc1)CC(=O)[O-]. The first-order valence-electron chi connectivity index (χ1n) is 9.37. The van der Waals surface area contributed by atoms with Crippen LogP contribution in [0.1, 0.15) is 18.1 Å². The number of nitrogens with zero attached hydrogens (tertiary/aromatic N) is 1. The lowest BCUT2D eigenvalue weighted by atomic mass is 10.0. The number of aliphatic carboxylic acids is 1. The second-order valence-electron chi connectivity index (χ2n) is 6.81. The van der Waals surface area contributed by atoms with Crippen LogP contribution in [0.2, 0.25) is 0 Å². The average molecular weight is 374 g/mol. The van der Waals surface area contributed by atoms with Gasteiger partial charge in [-0.25, -0.2) is 0 Å². The summed E-state index contributed by atoms with van der Waals surface area (Å²) in [4.78, 5) is 12.5. The van der Waals surface area contributed by atoms with Crippen molar-refractivity contribution in [1.29, 1.82) is 0 Å². The lowest BCUT2D eigenvalue weighted by Crippen LogP contribution is -2.36. The highest BCUT2D eigenvalue weighted by molar-refractivity contribution is 5.66. The van der Waals surface area contributed by atoms with Gasteiger partial charge in [-0.2, -0.15) is 0 Å². The molecule has 0 aliphatic carbocycles. The molecule has 0 bridgehead atoms. The third kappa shape index (κ3) is 5.69. The van der Waals surface area contributed by atoms with Gasteiger partial charge in [-0.1, -0.05) is 72.8 Å². The van der Waals surface area contributed by atoms with Crippen molar-refractivity contribution in [2.75, 3.05) is 20.1 Å². The molecule has 0 heterocycles. The third-order valence-corrected chi connectivity index (χ3v) is 4.58. The summed E-state index contributed by atoms with van der Waals surface area (Å²) in [5, 5.41) is 10.8. The molecule has 28 heavy (non-hydrogen) atoms. The summed E-state index contributed by atoms with van der Waals surface area (Å²) in [6.45, 7) is 0.503. The molecular formula is C24H24NO3-. The van der Waals surface area contributed by atoms with E-state index in [4.69, 9.17) is 4.74 Å². The molecule has 144 valence electrons. The van der Waals surface area contributed by atoms with Gasteiger partial charge in [-0.05, 0) is 35.9 Å². The molecule has 0 aliphatic rings. The Kier molecular flexibility index (Phi) is 6.82. The molecule has 0 N–H and O–H groups in total. The Morgan fingerprint density at radius 3 is 2.07 bits per heavy atom. The number of benzene rings is 3. The lowest BCUT2D eigenvalue weighted by Gasteiger charge is -2.23. The van der Waals surface area contributed by atoms with Gasteiger partial charge in [0.25, 0.3) is 0 Å². The lowest BCUT2D eigenvalue weighted by molar-refractivity contribution is -0.306. The molecule has 3 aromatic carbocycles. The van der Waals surface area contributed by atoms with Gasteiger partial charge in [0.05, 0.1) is 5.97 Å². The summed E-state index contributed by atoms with van der Waals surface area (Å²) < 4.78 is 6.26. The fraction of sp³-hybridized carbons (Fsp3) is 0.208. The molecule has 0 unspecified atom stereocenters. The Morgan fingerprint density at radius 1 is 0.893 bits per heavy atom. The van der Waals surface area contributed by atoms with E-state index in [0.29, 0.717) is 13.0 Å². The zero-order valence-electron chi connectivity index (χ0n) is 16.0. The molecule has 4 nitrogen and oxygen atoms in total. The summed E-state index contributed by atoms with van der Waals surface area (Å²) in [5.41, 5.74) is 3.37. The summed E-state index contributed by atoms with van der Waals surface area (Å²) >= 11 is 0. The van der Waals surface area contributed by atoms with Crippen LogP contribution in [0.25, 0.3) is 11.1 Å². The minimum atomic E-state index is -1.07. The average Bonchev–Trinajstić information content (AvgIpc) is 2.72. The molecular weight excluding hydrogens is 350 g/mol. The van der Waals surface area contributed by atoms with E-state index >= 15 is 0 Å². The van der Waals surface area contributed by atoms with Gasteiger partial charge in [0.2, 0.25) is 0 Å². The fourth-order valence-corrected chi connectivity index (χ4v) is 3.12. The summed E-state index contributed by atoms with van der Waals surface area (Å²) in [7, 11) is 1.77. The monoisotopic (exact) mass is 374 g/mol. The van der Waals surface area contributed by atoms with E-state index in [1.165, 1.54) is 0 Å². The molecule has 3 rings (SSSR count). The number of carbonyl (C=O) groups is 1. The van der Waals surface area contributed by atoms with Crippen molar-refractivity contribution in [1.82, 2.24) is 4.90 Å². The predicted molar refractivity (Wildman–Crippen MR) is 109 cm³/mol. The zero-order chi connectivity index (χ0) is 19.8. The van der Waals surface area contributed by atoms with Crippen molar-refractivity contribution >= 4 is 5.97 Å². The van der Waals surface area contributed by atoms with E-state index in [1.54, 1.807) is 11.9 Å². The highest BCUT2D eigenvalue weighted by Gasteiger charge is 2.14. The topological polar surface area (TPSA) is 52.6 Å². The Hall–Kier alpha value is -3.11. The largest absolute Gasteiger partial charge is 0.549 e. The maximum atomic E-state index is 10.8. The van der Waals surface area contributed by atoms with Crippen molar-refractivity contribution in [3.8, 4) is 16.9 Å². The Morgan fingerprint density at radius 2 is 1.46 bits per heavy atom. The van der Waals surface area contributed by atoms with E-state index < -0.39 is 5.97 Å². The highest BCUT2D eigenvalue weighted by atomic mass is 16.5. The predicted octanol–water partition coefficient (Wildman–Crippen LogP) is 3.55. The normalized spacial score (nSPS) is 11.9. The van der Waals surface area contributed by atoms with Gasteiger partial charge in [0.15, 0.2) is 0 Å². The zero-order valence-corrected chi connectivity index (χ0v) is 16.0. The molecule has 0 aliphatic heterocycles. The summed E-state index contributed by atoms with van der Waals surface area (Å²) in [6, 6.07) is 28.2. The molecule has 3 aromatic rings. The van der Waals surface area contributed by atoms with Gasteiger partial charge in [0.1, 0.15) is 11.9 Å². The standard InChI is InChI=1S/C24H25NO3/c1-25(18-24(26)27)17-16-23(21-10-6-3-7-11-21)28-22-14-12-20(13-15-22)19-8-4-2-5-9-19/h2-15,23H,16-18H2,1H3,(H,26,27)/p-1/t23-/m0/s1. The van der Waals surface area contributed by atoms with Gasteiger partial charge in [0, 0.05) is 19.5 Å². The van der Waals surface area contributed by atoms with Crippen molar-refractivity contribution in [2.24, 2.45) is 0 Å². The van der Waals surface area contributed by atoms with Crippen LogP contribution in [0, 0.1) is 0 Å². The van der Waals surface area contributed by atoms with Crippen molar-refractivity contribution in [3.63, 3.8) is 0 Å². The molecule has 0 radical (unpaired) electrons. The first-order valence-corrected chi connectivity index (χ1v) is 9.37. The number of rotatable bonds is 9. The number of hydrogen-bond donors (Lipinski definition) is 0. The molecule has 0 spiro atoms. The van der Waals surface area contributed by atoms with E-state index in [9.17, 15) is 9.90 Å². The maximum Gasteiger partial charge on any atom is 0.125 e. The van der Waals surface area contributed by atoms with Crippen LogP contribution in [0.4, 0.5) is 0 Å². The van der Waals surface area contributed by atoms with Crippen LogP contribution in [0.3, 0.4) is 0 Å². The van der Waals surface area contributed by atoms with Crippen molar-refractivity contribution in [3.05, 3.63) is 90.5 Å². The molecule has 0 saturated heterocycles. The van der Waals surface area contributed by atoms with Gasteiger partial charge >= 0.3 is 0 Å².